The van der Waals surface area contributed by atoms with Gasteiger partial charge in [-0.3, -0.25) is 0 Å². The number of aliphatic hydroxyl groups excluding tert-OH is 1. The first kappa shape index (κ1) is 10.9. The van der Waals surface area contributed by atoms with Crippen molar-refractivity contribution >= 4 is 0 Å². The largest absolute Gasteiger partial charge is 0.393 e. The van der Waals surface area contributed by atoms with Gasteiger partial charge in [0, 0.05) is 6.54 Å². The van der Waals surface area contributed by atoms with Crippen molar-refractivity contribution in [3.05, 3.63) is 0 Å². The number of rotatable bonds is 4. The van der Waals surface area contributed by atoms with Crippen molar-refractivity contribution < 1.29 is 13.9 Å². The summed E-state index contributed by atoms with van der Waals surface area (Å²) in [4.78, 5) is 0. The van der Waals surface area contributed by atoms with Gasteiger partial charge in [0.25, 0.3) is 6.43 Å². The van der Waals surface area contributed by atoms with Crippen molar-refractivity contribution in [2.75, 3.05) is 6.54 Å². The molecule has 1 aliphatic rings. The van der Waals surface area contributed by atoms with Crippen molar-refractivity contribution in [2.45, 2.75) is 44.8 Å². The summed E-state index contributed by atoms with van der Waals surface area (Å²) in [6, 6.07) is -0.771. The average molecular weight is 193 g/mol. The average Bonchev–Trinajstić information content (AvgIpc) is 2.47. The van der Waals surface area contributed by atoms with Gasteiger partial charge in [0.05, 0.1) is 12.1 Å². The second kappa shape index (κ2) is 4.86. The summed E-state index contributed by atoms with van der Waals surface area (Å²) in [6.45, 7) is 1.97. The zero-order valence-electron chi connectivity index (χ0n) is 7.84. The molecule has 78 valence electrons. The van der Waals surface area contributed by atoms with Crippen LogP contribution in [0.2, 0.25) is 0 Å². The maximum absolute atomic E-state index is 12.1. The predicted octanol–water partition coefficient (Wildman–Crippen LogP) is 1.39. The molecule has 0 radical (unpaired) electrons. The monoisotopic (exact) mass is 193 g/mol. The van der Waals surface area contributed by atoms with Crippen LogP contribution < -0.4 is 5.32 Å². The Bertz CT molecular complexity index is 155. The third kappa shape index (κ3) is 3.19. The molecule has 4 heteroatoms. The van der Waals surface area contributed by atoms with Gasteiger partial charge < -0.3 is 10.4 Å². The molecule has 0 saturated heterocycles. The summed E-state index contributed by atoms with van der Waals surface area (Å²) in [6.07, 6.45) is 0.159. The highest BCUT2D eigenvalue weighted by molar-refractivity contribution is 4.79. The lowest BCUT2D eigenvalue weighted by molar-refractivity contribution is 0.0914. The molecule has 0 heterocycles. The molecule has 1 aliphatic carbocycles. The fraction of sp³-hybridized carbons (Fsp3) is 1.00. The van der Waals surface area contributed by atoms with Gasteiger partial charge in [0.15, 0.2) is 0 Å². The molecule has 2 N–H and O–H groups in total. The van der Waals surface area contributed by atoms with Gasteiger partial charge in [-0.2, -0.15) is 0 Å². The van der Waals surface area contributed by atoms with Crippen molar-refractivity contribution in [1.29, 1.82) is 0 Å². The van der Waals surface area contributed by atoms with Crippen LogP contribution in [0, 0.1) is 5.92 Å². The quantitative estimate of drug-likeness (QED) is 0.707. The maximum Gasteiger partial charge on any atom is 0.253 e. The van der Waals surface area contributed by atoms with E-state index in [0.717, 1.165) is 19.3 Å². The smallest absolute Gasteiger partial charge is 0.253 e. The van der Waals surface area contributed by atoms with Gasteiger partial charge in [-0.1, -0.05) is 6.42 Å². The van der Waals surface area contributed by atoms with Crippen LogP contribution in [0.15, 0.2) is 0 Å². The van der Waals surface area contributed by atoms with E-state index in [1.54, 1.807) is 0 Å². The first-order valence-electron chi connectivity index (χ1n) is 4.81. The molecule has 0 aromatic rings. The lowest BCUT2D eigenvalue weighted by Crippen LogP contribution is -2.37. The Morgan fingerprint density at radius 3 is 2.62 bits per heavy atom. The normalized spacial score (nSPS) is 31.2. The summed E-state index contributed by atoms with van der Waals surface area (Å²) in [5, 5.41) is 12.2. The lowest BCUT2D eigenvalue weighted by atomic mass is 10.1. The van der Waals surface area contributed by atoms with Gasteiger partial charge >= 0.3 is 0 Å². The van der Waals surface area contributed by atoms with Crippen LogP contribution in [0.3, 0.4) is 0 Å². The van der Waals surface area contributed by atoms with Crippen molar-refractivity contribution in [1.82, 2.24) is 5.32 Å². The Labute approximate surface area is 77.3 Å². The van der Waals surface area contributed by atoms with Crippen molar-refractivity contribution in [3.8, 4) is 0 Å². The molecule has 0 amide bonds. The molecule has 1 rings (SSSR count). The summed E-state index contributed by atoms with van der Waals surface area (Å²) in [5.74, 6) is 0.168. The van der Waals surface area contributed by atoms with E-state index >= 15 is 0 Å². The zero-order chi connectivity index (χ0) is 9.84. The standard InChI is InChI=1S/C9H17F2NO/c1-6(9(10)11)12-5-7-3-2-4-8(7)13/h6-9,12-13H,2-5H2,1H3. The Hall–Kier alpha value is -0.220. The summed E-state index contributed by atoms with van der Waals surface area (Å²) < 4.78 is 24.1. The first-order valence-corrected chi connectivity index (χ1v) is 4.81. The van der Waals surface area contributed by atoms with E-state index in [2.05, 4.69) is 5.32 Å². The SMILES string of the molecule is CC(NCC1CCCC1O)C(F)F. The number of halogens is 2. The summed E-state index contributed by atoms with van der Waals surface area (Å²) >= 11 is 0. The molecular weight excluding hydrogens is 176 g/mol. The van der Waals surface area contributed by atoms with Crippen LogP contribution in [0.25, 0.3) is 0 Å². The maximum atomic E-state index is 12.1. The van der Waals surface area contributed by atoms with E-state index in [1.807, 2.05) is 0 Å². The molecule has 3 atom stereocenters. The van der Waals surface area contributed by atoms with E-state index in [9.17, 15) is 13.9 Å². The summed E-state index contributed by atoms with van der Waals surface area (Å²) in [5.41, 5.74) is 0. The van der Waals surface area contributed by atoms with Crippen LogP contribution >= 0.6 is 0 Å². The minimum Gasteiger partial charge on any atom is -0.393 e. The highest BCUT2D eigenvalue weighted by Gasteiger charge is 2.26. The number of nitrogens with one attached hydrogen (secondary N) is 1. The van der Waals surface area contributed by atoms with E-state index in [0.29, 0.717) is 6.54 Å². The molecule has 2 nitrogen and oxygen atoms in total. The number of aliphatic hydroxyl groups is 1. The Balaban J connectivity index is 2.18. The topological polar surface area (TPSA) is 32.3 Å². The Morgan fingerprint density at radius 1 is 1.46 bits per heavy atom. The zero-order valence-corrected chi connectivity index (χ0v) is 7.84. The Kier molecular flexibility index (Phi) is 4.06. The van der Waals surface area contributed by atoms with E-state index in [4.69, 9.17) is 0 Å². The molecule has 1 fully saturated rings. The van der Waals surface area contributed by atoms with Crippen LogP contribution in [0.5, 0.6) is 0 Å². The first-order chi connectivity index (χ1) is 6.11. The molecule has 0 aromatic carbocycles. The predicted molar refractivity (Wildman–Crippen MR) is 46.8 cm³/mol. The van der Waals surface area contributed by atoms with Crippen LogP contribution in [0.1, 0.15) is 26.2 Å². The van der Waals surface area contributed by atoms with Crippen LogP contribution in [-0.2, 0) is 0 Å². The van der Waals surface area contributed by atoms with E-state index in [1.165, 1.54) is 6.92 Å². The third-order valence-electron chi connectivity index (χ3n) is 2.70. The number of hydrogen-bond acceptors (Lipinski definition) is 2. The second-order valence-corrected chi connectivity index (χ2v) is 3.79. The minimum absolute atomic E-state index is 0.168. The fourth-order valence-electron chi connectivity index (χ4n) is 1.68. The van der Waals surface area contributed by atoms with Crippen molar-refractivity contribution in [2.24, 2.45) is 5.92 Å². The van der Waals surface area contributed by atoms with E-state index in [-0.39, 0.29) is 12.0 Å². The molecule has 0 spiro atoms. The van der Waals surface area contributed by atoms with Gasteiger partial charge in [-0.25, -0.2) is 8.78 Å². The third-order valence-corrected chi connectivity index (χ3v) is 2.70. The van der Waals surface area contributed by atoms with Gasteiger partial charge in [0.1, 0.15) is 0 Å². The molecule has 0 aliphatic heterocycles. The van der Waals surface area contributed by atoms with E-state index < -0.39 is 12.5 Å². The molecule has 0 bridgehead atoms. The number of alkyl halides is 2. The minimum atomic E-state index is -2.32. The molecular formula is C9H17F2NO. The second-order valence-electron chi connectivity index (χ2n) is 3.79. The Morgan fingerprint density at radius 2 is 2.15 bits per heavy atom. The molecule has 0 aromatic heterocycles. The number of hydrogen-bond donors (Lipinski definition) is 2. The highest BCUT2D eigenvalue weighted by Crippen LogP contribution is 2.24. The van der Waals surface area contributed by atoms with Gasteiger partial charge in [-0.15, -0.1) is 0 Å². The molecule has 13 heavy (non-hydrogen) atoms. The lowest BCUT2D eigenvalue weighted by Gasteiger charge is -2.18. The highest BCUT2D eigenvalue weighted by atomic mass is 19.3. The van der Waals surface area contributed by atoms with Crippen LogP contribution in [-0.4, -0.2) is 30.2 Å². The van der Waals surface area contributed by atoms with Gasteiger partial charge in [-0.05, 0) is 25.7 Å². The molecule has 1 saturated carbocycles. The summed E-state index contributed by atoms with van der Waals surface area (Å²) in [7, 11) is 0. The van der Waals surface area contributed by atoms with Gasteiger partial charge in [0.2, 0.25) is 0 Å². The fourth-order valence-corrected chi connectivity index (χ4v) is 1.68. The van der Waals surface area contributed by atoms with Crippen LogP contribution in [0.4, 0.5) is 8.78 Å². The molecule has 3 unspecified atom stereocenters. The van der Waals surface area contributed by atoms with Crippen molar-refractivity contribution in [3.63, 3.8) is 0 Å².